The van der Waals surface area contributed by atoms with Gasteiger partial charge in [-0.1, -0.05) is 0 Å². The van der Waals surface area contributed by atoms with Crippen molar-refractivity contribution >= 4 is 5.95 Å². The number of nitrogens with one attached hydrogen (secondary N) is 1. The van der Waals surface area contributed by atoms with Crippen LogP contribution in [0.15, 0.2) is 18.5 Å². The molecule has 0 aromatic carbocycles. The summed E-state index contributed by atoms with van der Waals surface area (Å²) in [5.74, 6) is 1.15. The van der Waals surface area contributed by atoms with Gasteiger partial charge in [-0.25, -0.2) is 4.98 Å². The van der Waals surface area contributed by atoms with E-state index in [1.165, 1.54) is 0 Å². The number of methoxy groups -OCH3 is 1. The van der Waals surface area contributed by atoms with Crippen LogP contribution in [0, 0.1) is 13.8 Å². The van der Waals surface area contributed by atoms with Crippen LogP contribution in [0.1, 0.15) is 11.3 Å². The summed E-state index contributed by atoms with van der Waals surface area (Å²) in [7, 11) is 1.60. The maximum absolute atomic E-state index is 5.09. The number of aryl methyl sites for hydroxylation is 2. The monoisotopic (exact) mass is 247 g/mol. The number of rotatable bonds is 5. The molecule has 2 aromatic rings. The second kappa shape index (κ2) is 5.48. The van der Waals surface area contributed by atoms with E-state index in [1.54, 1.807) is 13.2 Å². The topological polar surface area (TPSA) is 64.9 Å². The number of nitrogens with zero attached hydrogens (tertiary/aromatic N) is 4. The standard InChI is InChI=1S/C12H17N5O/c1-9-7-14-17(8-9)5-4-13-12-15-10(2)6-11(16-12)18-3/h6-8H,4-5H2,1-3H3,(H,13,15,16). The van der Waals surface area contributed by atoms with E-state index in [9.17, 15) is 0 Å². The molecule has 0 aliphatic heterocycles. The second-order valence-corrected chi connectivity index (χ2v) is 4.08. The quantitative estimate of drug-likeness (QED) is 0.865. The zero-order valence-corrected chi connectivity index (χ0v) is 10.8. The molecule has 0 aliphatic carbocycles. The van der Waals surface area contributed by atoms with Crippen molar-refractivity contribution < 1.29 is 4.74 Å². The molecule has 0 saturated carbocycles. The van der Waals surface area contributed by atoms with Crippen LogP contribution in [-0.4, -0.2) is 33.4 Å². The van der Waals surface area contributed by atoms with Crippen molar-refractivity contribution in [2.45, 2.75) is 20.4 Å². The van der Waals surface area contributed by atoms with Crippen LogP contribution in [0.4, 0.5) is 5.95 Å². The third kappa shape index (κ3) is 3.19. The fourth-order valence-corrected chi connectivity index (χ4v) is 1.59. The molecule has 2 heterocycles. The first-order valence-corrected chi connectivity index (χ1v) is 5.80. The SMILES string of the molecule is COc1cc(C)nc(NCCn2cc(C)cn2)n1. The summed E-state index contributed by atoms with van der Waals surface area (Å²) in [4.78, 5) is 8.50. The molecule has 0 spiro atoms. The Morgan fingerprint density at radius 1 is 1.33 bits per heavy atom. The van der Waals surface area contributed by atoms with Crippen molar-refractivity contribution in [2.24, 2.45) is 0 Å². The summed E-state index contributed by atoms with van der Waals surface area (Å²) < 4.78 is 6.98. The third-order valence-electron chi connectivity index (χ3n) is 2.43. The van der Waals surface area contributed by atoms with Gasteiger partial charge in [0.1, 0.15) is 0 Å². The molecule has 0 aliphatic rings. The molecule has 0 atom stereocenters. The highest BCUT2D eigenvalue weighted by Gasteiger charge is 2.01. The van der Waals surface area contributed by atoms with E-state index >= 15 is 0 Å². The van der Waals surface area contributed by atoms with E-state index in [0.29, 0.717) is 18.4 Å². The molecule has 18 heavy (non-hydrogen) atoms. The highest BCUT2D eigenvalue weighted by Crippen LogP contribution is 2.10. The molecular weight excluding hydrogens is 230 g/mol. The molecule has 2 aromatic heterocycles. The summed E-state index contributed by atoms with van der Waals surface area (Å²) >= 11 is 0. The van der Waals surface area contributed by atoms with Gasteiger partial charge in [0.25, 0.3) is 0 Å². The van der Waals surface area contributed by atoms with Crippen molar-refractivity contribution in [3.63, 3.8) is 0 Å². The van der Waals surface area contributed by atoms with E-state index in [2.05, 4.69) is 20.4 Å². The first-order chi connectivity index (χ1) is 8.67. The van der Waals surface area contributed by atoms with Gasteiger partial charge in [-0.2, -0.15) is 10.1 Å². The first kappa shape index (κ1) is 12.3. The Bertz CT molecular complexity index is 523. The molecule has 0 saturated heterocycles. The summed E-state index contributed by atoms with van der Waals surface area (Å²) in [5, 5.41) is 7.36. The van der Waals surface area contributed by atoms with Crippen LogP contribution < -0.4 is 10.1 Å². The minimum atomic E-state index is 0.569. The fraction of sp³-hybridized carbons (Fsp3) is 0.417. The number of anilines is 1. The smallest absolute Gasteiger partial charge is 0.226 e. The summed E-state index contributed by atoms with van der Waals surface area (Å²) in [5.41, 5.74) is 2.03. The summed E-state index contributed by atoms with van der Waals surface area (Å²) in [6.07, 6.45) is 3.84. The lowest BCUT2D eigenvalue weighted by Gasteiger charge is -2.07. The van der Waals surface area contributed by atoms with Crippen molar-refractivity contribution in [3.05, 3.63) is 29.7 Å². The zero-order valence-electron chi connectivity index (χ0n) is 10.8. The van der Waals surface area contributed by atoms with Crippen LogP contribution in [-0.2, 0) is 6.54 Å². The number of hydrogen-bond donors (Lipinski definition) is 1. The highest BCUT2D eigenvalue weighted by molar-refractivity contribution is 5.30. The molecule has 1 N–H and O–H groups in total. The van der Waals surface area contributed by atoms with Gasteiger partial charge in [0, 0.05) is 24.5 Å². The Balaban J connectivity index is 1.91. The van der Waals surface area contributed by atoms with Crippen LogP contribution in [0.5, 0.6) is 5.88 Å². The Morgan fingerprint density at radius 2 is 2.17 bits per heavy atom. The first-order valence-electron chi connectivity index (χ1n) is 5.80. The summed E-state index contributed by atoms with van der Waals surface area (Å²) in [6, 6.07) is 1.79. The van der Waals surface area contributed by atoms with E-state index in [1.807, 2.05) is 30.9 Å². The van der Waals surface area contributed by atoms with Gasteiger partial charge in [-0.15, -0.1) is 0 Å². The van der Waals surface area contributed by atoms with Crippen molar-refractivity contribution in [1.82, 2.24) is 19.7 Å². The Labute approximate surface area is 106 Å². The number of ether oxygens (including phenoxy) is 1. The molecule has 6 heteroatoms. The maximum Gasteiger partial charge on any atom is 0.226 e. The number of hydrogen-bond acceptors (Lipinski definition) is 5. The Kier molecular flexibility index (Phi) is 3.76. The third-order valence-corrected chi connectivity index (χ3v) is 2.43. The van der Waals surface area contributed by atoms with Crippen LogP contribution in [0.2, 0.25) is 0 Å². The molecule has 0 amide bonds. The van der Waals surface area contributed by atoms with E-state index in [-0.39, 0.29) is 0 Å². The van der Waals surface area contributed by atoms with Crippen LogP contribution >= 0.6 is 0 Å². The van der Waals surface area contributed by atoms with Gasteiger partial charge < -0.3 is 10.1 Å². The predicted octanol–water partition coefficient (Wildman–Crippen LogP) is 1.41. The van der Waals surface area contributed by atoms with Crippen LogP contribution in [0.3, 0.4) is 0 Å². The Morgan fingerprint density at radius 3 is 2.83 bits per heavy atom. The lowest BCUT2D eigenvalue weighted by Crippen LogP contribution is -2.13. The minimum Gasteiger partial charge on any atom is -0.481 e. The number of aromatic nitrogens is 4. The van der Waals surface area contributed by atoms with Gasteiger partial charge in [0.2, 0.25) is 11.8 Å². The minimum absolute atomic E-state index is 0.569. The average Bonchev–Trinajstić information content (AvgIpc) is 2.74. The zero-order chi connectivity index (χ0) is 13.0. The van der Waals surface area contributed by atoms with Crippen molar-refractivity contribution in [2.75, 3.05) is 19.0 Å². The molecule has 0 unspecified atom stereocenters. The largest absolute Gasteiger partial charge is 0.481 e. The van der Waals surface area contributed by atoms with Gasteiger partial charge in [-0.3, -0.25) is 4.68 Å². The highest BCUT2D eigenvalue weighted by atomic mass is 16.5. The summed E-state index contributed by atoms with van der Waals surface area (Å²) in [6.45, 7) is 5.42. The second-order valence-electron chi connectivity index (χ2n) is 4.08. The fourth-order valence-electron chi connectivity index (χ4n) is 1.59. The molecule has 0 fully saturated rings. The Hall–Kier alpha value is -2.11. The van der Waals surface area contributed by atoms with E-state index < -0.39 is 0 Å². The molecular formula is C12H17N5O. The lowest BCUT2D eigenvalue weighted by molar-refractivity contribution is 0.397. The average molecular weight is 247 g/mol. The van der Waals surface area contributed by atoms with E-state index in [4.69, 9.17) is 4.74 Å². The van der Waals surface area contributed by atoms with Gasteiger partial charge >= 0.3 is 0 Å². The van der Waals surface area contributed by atoms with Crippen LogP contribution in [0.25, 0.3) is 0 Å². The molecule has 0 radical (unpaired) electrons. The normalized spacial score (nSPS) is 10.4. The molecule has 0 bridgehead atoms. The lowest BCUT2D eigenvalue weighted by atomic mass is 10.4. The van der Waals surface area contributed by atoms with Crippen molar-refractivity contribution in [3.8, 4) is 5.88 Å². The van der Waals surface area contributed by atoms with Gasteiger partial charge in [0.05, 0.1) is 19.9 Å². The molecule has 96 valence electrons. The molecule has 6 nitrogen and oxygen atoms in total. The van der Waals surface area contributed by atoms with Gasteiger partial charge in [-0.05, 0) is 19.4 Å². The maximum atomic E-state index is 5.09. The molecule has 2 rings (SSSR count). The van der Waals surface area contributed by atoms with E-state index in [0.717, 1.165) is 17.8 Å². The predicted molar refractivity (Wildman–Crippen MR) is 68.8 cm³/mol. The van der Waals surface area contributed by atoms with Gasteiger partial charge in [0.15, 0.2) is 0 Å². The van der Waals surface area contributed by atoms with Crippen molar-refractivity contribution in [1.29, 1.82) is 0 Å².